The highest BCUT2D eigenvalue weighted by Crippen LogP contribution is 2.27. The topological polar surface area (TPSA) is 56.7 Å². The molecule has 0 radical (unpaired) electrons. The Morgan fingerprint density at radius 2 is 2.00 bits per heavy atom. The van der Waals surface area contributed by atoms with Gasteiger partial charge in [-0.2, -0.15) is 0 Å². The lowest BCUT2D eigenvalue weighted by Gasteiger charge is -2.17. The number of carbonyl (C=O) groups excluding carboxylic acids is 1. The molecule has 1 aliphatic heterocycles. The number of hydrogen-bond acceptors (Lipinski definition) is 2. The Morgan fingerprint density at radius 3 is 2.79 bits per heavy atom. The number of fused-ring (bicyclic) bond motifs is 1. The van der Waals surface area contributed by atoms with E-state index in [1.807, 2.05) is 31.2 Å². The molecule has 0 atom stereocenters. The molecule has 2 aromatic carbocycles. The van der Waals surface area contributed by atoms with Crippen LogP contribution in [-0.4, -0.2) is 38.0 Å². The van der Waals surface area contributed by atoms with Crippen molar-refractivity contribution in [3.05, 3.63) is 65.5 Å². The third-order valence-corrected chi connectivity index (χ3v) is 4.50. The molecule has 0 unspecified atom stereocenters. The van der Waals surface area contributed by atoms with Gasteiger partial charge in [0.05, 0.1) is 0 Å². The summed E-state index contributed by atoms with van der Waals surface area (Å²) in [5.41, 5.74) is 3.11. The largest absolute Gasteiger partial charge is 0.357 e. The molecule has 0 saturated carbocycles. The molecule has 2 N–H and O–H groups in total. The average Bonchev–Trinajstić information content (AvgIpc) is 3.10. The summed E-state index contributed by atoms with van der Waals surface area (Å²) in [4.78, 5) is 18.8. The number of benzene rings is 2. The molecule has 1 heterocycles. The maximum atomic E-state index is 13.2. The van der Waals surface area contributed by atoms with Gasteiger partial charge in [-0.25, -0.2) is 9.38 Å². The van der Waals surface area contributed by atoms with Crippen LogP contribution in [0.4, 0.5) is 10.1 Å². The maximum Gasteiger partial charge on any atom is 0.248 e. The molecule has 2 aromatic rings. The normalized spacial score (nSPS) is 12.9. The first-order valence-electron chi connectivity index (χ1n) is 9.32. The fourth-order valence-corrected chi connectivity index (χ4v) is 3.19. The quantitative estimate of drug-likeness (QED) is 0.367. The minimum atomic E-state index is -0.232. The summed E-state index contributed by atoms with van der Waals surface area (Å²) in [6, 6.07) is 14.5. The number of carbonyl (C=O) groups is 1. The van der Waals surface area contributed by atoms with Gasteiger partial charge in [0, 0.05) is 25.3 Å². The van der Waals surface area contributed by atoms with Crippen LogP contribution in [0.25, 0.3) is 0 Å². The molecule has 3 rings (SSSR count). The Kier molecular flexibility index (Phi) is 8.69. The summed E-state index contributed by atoms with van der Waals surface area (Å²) in [6.45, 7) is 4.08. The second kappa shape index (κ2) is 11.0. The van der Waals surface area contributed by atoms with Crippen LogP contribution in [0.2, 0.25) is 0 Å². The van der Waals surface area contributed by atoms with Gasteiger partial charge in [-0.15, -0.1) is 24.0 Å². The van der Waals surface area contributed by atoms with Crippen molar-refractivity contribution in [3.8, 4) is 0 Å². The number of nitrogens with one attached hydrogen (secondary N) is 2. The van der Waals surface area contributed by atoms with E-state index < -0.39 is 0 Å². The Balaban J connectivity index is 0.00000280. The summed E-state index contributed by atoms with van der Waals surface area (Å²) in [7, 11) is 0. The number of halogens is 2. The van der Waals surface area contributed by atoms with E-state index in [0.29, 0.717) is 32.0 Å². The van der Waals surface area contributed by atoms with E-state index in [2.05, 4.69) is 21.7 Å². The van der Waals surface area contributed by atoms with E-state index in [4.69, 9.17) is 0 Å². The molecule has 150 valence electrons. The SMILES string of the molecule is CCNC(=NCC(=O)N1CCc2ccccc21)NCCc1cccc(F)c1.I. The van der Waals surface area contributed by atoms with Crippen molar-refractivity contribution in [2.75, 3.05) is 31.1 Å². The molecule has 5 nitrogen and oxygen atoms in total. The van der Waals surface area contributed by atoms with Crippen molar-refractivity contribution in [1.82, 2.24) is 10.6 Å². The van der Waals surface area contributed by atoms with Crippen LogP contribution < -0.4 is 15.5 Å². The van der Waals surface area contributed by atoms with Crippen molar-refractivity contribution in [3.63, 3.8) is 0 Å². The number of rotatable bonds is 6. The monoisotopic (exact) mass is 496 g/mol. The second-order valence-electron chi connectivity index (χ2n) is 6.43. The molecule has 0 aromatic heterocycles. The van der Waals surface area contributed by atoms with Crippen molar-refractivity contribution in [1.29, 1.82) is 0 Å². The highest BCUT2D eigenvalue weighted by molar-refractivity contribution is 14.0. The maximum absolute atomic E-state index is 13.2. The minimum absolute atomic E-state index is 0. The number of nitrogens with zero attached hydrogens (tertiary/aromatic N) is 2. The van der Waals surface area contributed by atoms with E-state index in [1.165, 1.54) is 17.7 Å². The molecule has 0 fully saturated rings. The number of aliphatic imine (C=N–C) groups is 1. The fraction of sp³-hybridized carbons (Fsp3) is 0.333. The molecular weight excluding hydrogens is 470 g/mol. The summed E-state index contributed by atoms with van der Waals surface area (Å²) < 4.78 is 13.2. The predicted molar refractivity (Wildman–Crippen MR) is 122 cm³/mol. The van der Waals surface area contributed by atoms with Crippen LogP contribution in [0.15, 0.2) is 53.5 Å². The van der Waals surface area contributed by atoms with Crippen molar-refractivity contribution in [2.45, 2.75) is 19.8 Å². The Bertz CT molecular complexity index is 828. The summed E-state index contributed by atoms with van der Waals surface area (Å²) in [6.07, 6.45) is 1.56. The Hall–Kier alpha value is -2.16. The summed E-state index contributed by atoms with van der Waals surface area (Å²) in [5.74, 6) is 0.349. The lowest BCUT2D eigenvalue weighted by molar-refractivity contribution is -0.117. The van der Waals surface area contributed by atoms with E-state index in [0.717, 1.165) is 17.7 Å². The van der Waals surface area contributed by atoms with Gasteiger partial charge in [0.1, 0.15) is 12.4 Å². The first-order chi connectivity index (χ1) is 13.2. The van der Waals surface area contributed by atoms with Gasteiger partial charge in [-0.05, 0) is 49.1 Å². The Morgan fingerprint density at radius 1 is 1.18 bits per heavy atom. The van der Waals surface area contributed by atoms with Gasteiger partial charge in [0.25, 0.3) is 0 Å². The zero-order valence-corrected chi connectivity index (χ0v) is 18.3. The predicted octanol–water partition coefficient (Wildman–Crippen LogP) is 3.13. The highest BCUT2D eigenvalue weighted by atomic mass is 127. The average molecular weight is 496 g/mol. The number of amides is 1. The highest BCUT2D eigenvalue weighted by Gasteiger charge is 2.23. The smallest absolute Gasteiger partial charge is 0.248 e. The number of anilines is 1. The molecule has 1 amide bonds. The summed E-state index contributed by atoms with van der Waals surface area (Å²) in [5, 5.41) is 6.34. The molecule has 7 heteroatoms. The van der Waals surface area contributed by atoms with Gasteiger partial charge >= 0.3 is 0 Å². The zero-order chi connectivity index (χ0) is 19.1. The molecule has 1 aliphatic rings. The molecule has 0 spiro atoms. The minimum Gasteiger partial charge on any atom is -0.357 e. The first kappa shape index (κ1) is 22.1. The lowest BCUT2D eigenvalue weighted by Crippen LogP contribution is -2.39. The van der Waals surface area contributed by atoms with Crippen LogP contribution >= 0.6 is 24.0 Å². The molecule has 0 aliphatic carbocycles. The zero-order valence-electron chi connectivity index (χ0n) is 16.0. The number of para-hydroxylation sites is 1. The number of hydrogen-bond donors (Lipinski definition) is 2. The number of guanidine groups is 1. The van der Waals surface area contributed by atoms with E-state index in [1.54, 1.807) is 11.0 Å². The van der Waals surface area contributed by atoms with Gasteiger partial charge in [0.15, 0.2) is 5.96 Å². The van der Waals surface area contributed by atoms with Crippen molar-refractivity contribution < 1.29 is 9.18 Å². The van der Waals surface area contributed by atoms with Crippen molar-refractivity contribution in [2.24, 2.45) is 4.99 Å². The van der Waals surface area contributed by atoms with Gasteiger partial charge in [-0.1, -0.05) is 30.3 Å². The van der Waals surface area contributed by atoms with Crippen molar-refractivity contribution >= 4 is 41.5 Å². The first-order valence-corrected chi connectivity index (χ1v) is 9.32. The van der Waals surface area contributed by atoms with E-state index in [-0.39, 0.29) is 42.2 Å². The third-order valence-electron chi connectivity index (χ3n) is 4.50. The molecule has 0 bridgehead atoms. The standard InChI is InChI=1S/C21H25FN4O.HI/c1-2-23-21(24-12-10-16-6-5-8-18(22)14-16)25-15-20(27)26-13-11-17-7-3-4-9-19(17)26;/h3-9,14H,2,10-13,15H2,1H3,(H2,23,24,25);1H. The van der Waals surface area contributed by atoms with Crippen LogP contribution in [0, 0.1) is 5.82 Å². The van der Waals surface area contributed by atoms with Crippen LogP contribution in [0.3, 0.4) is 0 Å². The van der Waals surface area contributed by atoms with Crippen LogP contribution in [-0.2, 0) is 17.6 Å². The fourth-order valence-electron chi connectivity index (χ4n) is 3.19. The van der Waals surface area contributed by atoms with Crippen LogP contribution in [0.5, 0.6) is 0 Å². The Labute approximate surface area is 182 Å². The molecular formula is C21H26FIN4O. The molecule has 0 saturated heterocycles. The molecule has 28 heavy (non-hydrogen) atoms. The third kappa shape index (κ3) is 5.92. The van der Waals surface area contributed by atoms with Crippen LogP contribution in [0.1, 0.15) is 18.1 Å². The lowest BCUT2D eigenvalue weighted by atomic mass is 10.1. The van der Waals surface area contributed by atoms with Gasteiger partial charge < -0.3 is 15.5 Å². The van der Waals surface area contributed by atoms with E-state index in [9.17, 15) is 9.18 Å². The second-order valence-corrected chi connectivity index (χ2v) is 6.43. The summed E-state index contributed by atoms with van der Waals surface area (Å²) >= 11 is 0. The van der Waals surface area contributed by atoms with Gasteiger partial charge in [-0.3, -0.25) is 4.79 Å². The van der Waals surface area contributed by atoms with E-state index >= 15 is 0 Å². The van der Waals surface area contributed by atoms with Gasteiger partial charge in [0.2, 0.25) is 5.91 Å².